The highest BCUT2D eigenvalue weighted by molar-refractivity contribution is 5.77. The van der Waals surface area contributed by atoms with Crippen LogP contribution < -0.4 is 14.8 Å². The van der Waals surface area contributed by atoms with Gasteiger partial charge in [-0.1, -0.05) is 54.6 Å². The quantitative estimate of drug-likeness (QED) is 0.329. The van der Waals surface area contributed by atoms with Crippen LogP contribution in [0.15, 0.2) is 78.9 Å². The molecule has 3 aromatic rings. The number of rotatable bonds is 10. The molecule has 1 aliphatic heterocycles. The predicted molar refractivity (Wildman–Crippen MR) is 149 cm³/mol. The van der Waals surface area contributed by atoms with E-state index in [2.05, 4.69) is 5.32 Å². The van der Waals surface area contributed by atoms with Crippen LogP contribution >= 0.6 is 0 Å². The lowest BCUT2D eigenvalue weighted by Crippen LogP contribution is -2.45. The van der Waals surface area contributed by atoms with Crippen LogP contribution in [0.25, 0.3) is 0 Å². The summed E-state index contributed by atoms with van der Waals surface area (Å²) in [6.45, 7) is 5.91. The Morgan fingerprint density at radius 3 is 2.21 bits per heavy atom. The maximum atomic E-state index is 13.0. The maximum Gasteiger partial charge on any atom is 0.407 e. The summed E-state index contributed by atoms with van der Waals surface area (Å²) in [5.41, 5.74) is 2.46. The van der Waals surface area contributed by atoms with Gasteiger partial charge in [-0.15, -0.1) is 0 Å². The van der Waals surface area contributed by atoms with Crippen molar-refractivity contribution in [3.05, 3.63) is 95.6 Å². The number of esters is 1. The Hall–Kier alpha value is -4.00. The number of hydrogen-bond acceptors (Lipinski definition) is 6. The van der Waals surface area contributed by atoms with Crippen LogP contribution in [0.5, 0.6) is 11.5 Å². The number of methoxy groups -OCH3 is 1. The Morgan fingerprint density at radius 1 is 0.923 bits per heavy atom. The second-order valence-electron chi connectivity index (χ2n) is 10.8. The smallest absolute Gasteiger partial charge is 0.407 e. The molecule has 1 aliphatic rings. The first-order chi connectivity index (χ1) is 18.7. The predicted octanol–water partition coefficient (Wildman–Crippen LogP) is 5.88. The molecule has 206 valence electrons. The summed E-state index contributed by atoms with van der Waals surface area (Å²) in [6, 6.07) is 24.9. The van der Waals surface area contributed by atoms with E-state index in [1.807, 2.05) is 99.6 Å². The zero-order chi connectivity index (χ0) is 27.8. The SMILES string of the molecule is COc1ccc(C[C@@H]2C[C@H]([C@H](Cc3ccc(OCc4ccccc4)cc3)NC(=O)OC(C)(C)C)C(=O)O2)cc1. The third-order valence-electron chi connectivity index (χ3n) is 6.54. The van der Waals surface area contributed by atoms with Gasteiger partial charge in [0.15, 0.2) is 0 Å². The molecule has 1 fully saturated rings. The first kappa shape index (κ1) is 28.0. The van der Waals surface area contributed by atoms with E-state index in [1.54, 1.807) is 7.11 Å². The van der Waals surface area contributed by atoms with Crippen molar-refractivity contribution in [2.75, 3.05) is 7.11 Å². The van der Waals surface area contributed by atoms with Gasteiger partial charge in [0.05, 0.1) is 13.0 Å². The van der Waals surface area contributed by atoms with Crippen molar-refractivity contribution in [2.45, 2.75) is 64.4 Å². The molecule has 0 bridgehead atoms. The van der Waals surface area contributed by atoms with Crippen molar-refractivity contribution in [3.63, 3.8) is 0 Å². The number of ether oxygens (including phenoxy) is 4. The highest BCUT2D eigenvalue weighted by Crippen LogP contribution is 2.29. The normalized spacial score (nSPS) is 17.7. The van der Waals surface area contributed by atoms with Crippen molar-refractivity contribution < 1.29 is 28.5 Å². The van der Waals surface area contributed by atoms with Crippen molar-refractivity contribution in [1.29, 1.82) is 0 Å². The first-order valence-corrected chi connectivity index (χ1v) is 13.3. The molecule has 0 spiro atoms. The minimum absolute atomic E-state index is 0.271. The maximum absolute atomic E-state index is 13.0. The summed E-state index contributed by atoms with van der Waals surface area (Å²) >= 11 is 0. The second-order valence-corrected chi connectivity index (χ2v) is 10.8. The van der Waals surface area contributed by atoms with Crippen LogP contribution in [-0.4, -0.2) is 36.9 Å². The lowest BCUT2D eigenvalue weighted by molar-refractivity contribution is -0.144. The van der Waals surface area contributed by atoms with E-state index in [0.29, 0.717) is 25.9 Å². The lowest BCUT2D eigenvalue weighted by Gasteiger charge is -2.26. The molecule has 0 aromatic heterocycles. The Morgan fingerprint density at radius 2 is 1.56 bits per heavy atom. The molecule has 7 nitrogen and oxygen atoms in total. The number of amides is 1. The molecule has 3 atom stereocenters. The highest BCUT2D eigenvalue weighted by Gasteiger charge is 2.41. The molecular weight excluding hydrogens is 494 g/mol. The van der Waals surface area contributed by atoms with Crippen molar-refractivity contribution in [2.24, 2.45) is 5.92 Å². The van der Waals surface area contributed by atoms with Gasteiger partial charge in [0.2, 0.25) is 0 Å². The van der Waals surface area contributed by atoms with Crippen molar-refractivity contribution >= 4 is 12.1 Å². The van der Waals surface area contributed by atoms with E-state index in [-0.39, 0.29) is 12.1 Å². The van der Waals surface area contributed by atoms with Crippen LogP contribution in [0.3, 0.4) is 0 Å². The minimum Gasteiger partial charge on any atom is -0.497 e. The fourth-order valence-corrected chi connectivity index (χ4v) is 4.63. The van der Waals surface area contributed by atoms with Crippen LogP contribution in [0.2, 0.25) is 0 Å². The van der Waals surface area contributed by atoms with E-state index in [9.17, 15) is 9.59 Å². The molecule has 1 N–H and O–H groups in total. The molecule has 0 saturated carbocycles. The van der Waals surface area contributed by atoms with Gasteiger partial charge in [0, 0.05) is 12.5 Å². The number of alkyl carbamates (subject to hydrolysis) is 1. The number of hydrogen-bond donors (Lipinski definition) is 1. The summed E-state index contributed by atoms with van der Waals surface area (Å²) in [5, 5.41) is 2.95. The standard InChI is InChI=1S/C32H37NO6/c1-32(2,3)39-31(35)33-29(19-23-12-16-26(17-13-23)37-21-24-8-6-5-7-9-24)28-20-27(38-30(28)34)18-22-10-14-25(36-4)15-11-22/h5-17,27-29H,18-21H2,1-4H3,(H,33,35)/t27-,28-,29+/m1/s1. The zero-order valence-corrected chi connectivity index (χ0v) is 23.0. The number of nitrogens with one attached hydrogen (secondary N) is 1. The molecule has 0 radical (unpaired) electrons. The molecule has 1 heterocycles. The summed E-state index contributed by atoms with van der Waals surface area (Å²) in [4.78, 5) is 25.7. The number of benzene rings is 3. The Balaban J connectivity index is 1.43. The average molecular weight is 532 g/mol. The lowest BCUT2D eigenvalue weighted by atomic mass is 9.89. The largest absolute Gasteiger partial charge is 0.497 e. The fraction of sp³-hybridized carbons (Fsp3) is 0.375. The third kappa shape index (κ3) is 8.50. The highest BCUT2D eigenvalue weighted by atomic mass is 16.6. The summed E-state index contributed by atoms with van der Waals surface area (Å²) < 4.78 is 22.4. The molecule has 3 aromatic carbocycles. The number of cyclic esters (lactones) is 1. The van der Waals surface area contributed by atoms with Crippen LogP contribution in [0.4, 0.5) is 4.79 Å². The molecule has 7 heteroatoms. The van der Waals surface area contributed by atoms with Gasteiger partial charge in [-0.2, -0.15) is 0 Å². The van der Waals surface area contributed by atoms with Crippen LogP contribution in [0, 0.1) is 5.92 Å². The van der Waals surface area contributed by atoms with Crippen LogP contribution in [-0.2, 0) is 33.7 Å². The van der Waals surface area contributed by atoms with Crippen molar-refractivity contribution in [3.8, 4) is 11.5 Å². The van der Waals surface area contributed by atoms with Crippen molar-refractivity contribution in [1.82, 2.24) is 5.32 Å². The second kappa shape index (κ2) is 12.7. The van der Waals surface area contributed by atoms with Gasteiger partial charge in [0.25, 0.3) is 0 Å². The van der Waals surface area contributed by atoms with E-state index in [1.165, 1.54) is 0 Å². The van der Waals surface area contributed by atoms with Gasteiger partial charge in [-0.25, -0.2) is 4.79 Å². The van der Waals surface area contributed by atoms with E-state index < -0.39 is 23.7 Å². The van der Waals surface area contributed by atoms with E-state index >= 15 is 0 Å². The molecular formula is C32H37NO6. The van der Waals surface area contributed by atoms with E-state index in [4.69, 9.17) is 18.9 Å². The topological polar surface area (TPSA) is 83.1 Å². The van der Waals surface area contributed by atoms with Gasteiger partial charge < -0.3 is 24.3 Å². The average Bonchev–Trinajstić information content (AvgIpc) is 3.27. The van der Waals surface area contributed by atoms with E-state index in [0.717, 1.165) is 28.2 Å². The minimum atomic E-state index is -0.653. The molecule has 1 amide bonds. The molecule has 0 unspecified atom stereocenters. The Bertz CT molecular complexity index is 1220. The molecule has 39 heavy (non-hydrogen) atoms. The molecule has 4 rings (SSSR count). The number of carbonyl (C=O) groups is 2. The monoisotopic (exact) mass is 531 g/mol. The molecule has 1 saturated heterocycles. The Kier molecular flexibility index (Phi) is 9.12. The van der Waals surface area contributed by atoms with Gasteiger partial charge >= 0.3 is 12.1 Å². The fourth-order valence-electron chi connectivity index (χ4n) is 4.63. The zero-order valence-electron chi connectivity index (χ0n) is 23.0. The first-order valence-electron chi connectivity index (χ1n) is 13.3. The Labute approximate surface area is 230 Å². The van der Waals surface area contributed by atoms with Gasteiger partial charge in [-0.05, 0) is 74.6 Å². The summed E-state index contributed by atoms with van der Waals surface area (Å²) in [5.74, 6) is 0.726. The number of carbonyl (C=O) groups excluding carboxylic acids is 2. The van der Waals surface area contributed by atoms with Gasteiger partial charge in [0.1, 0.15) is 29.8 Å². The summed E-state index contributed by atoms with van der Waals surface area (Å²) in [7, 11) is 1.63. The van der Waals surface area contributed by atoms with Gasteiger partial charge in [-0.3, -0.25) is 4.79 Å². The third-order valence-corrected chi connectivity index (χ3v) is 6.54. The van der Waals surface area contributed by atoms with Crippen LogP contribution in [0.1, 0.15) is 43.9 Å². The molecule has 0 aliphatic carbocycles. The summed E-state index contributed by atoms with van der Waals surface area (Å²) in [6.07, 6.45) is 0.727.